The maximum atomic E-state index is 10.2. The van der Waals surface area contributed by atoms with Crippen LogP contribution in [0.5, 0.6) is 17.2 Å². The van der Waals surface area contributed by atoms with E-state index in [1.807, 2.05) is 18.2 Å². The van der Waals surface area contributed by atoms with Crippen LogP contribution in [-0.4, -0.2) is 43.9 Å². The number of unbranched alkanes of at least 4 members (excludes halogenated alkanes) is 1. The summed E-state index contributed by atoms with van der Waals surface area (Å²) in [6.07, 6.45) is 2.18. The maximum Gasteiger partial charge on any atom is 0.123 e. The Morgan fingerprint density at radius 1 is 0.935 bits per heavy atom. The van der Waals surface area contributed by atoms with Crippen LogP contribution in [0.1, 0.15) is 41.4 Å². The standard InChI is InChI=1S/C27H31NO3/c1-28(2)16-6-7-17-30-23-13-10-21(11-14-23)27-24-18-22(29)12-15-26(24)31-19-25(27)20-8-4-3-5-9-20/h3-5,8-15,18,25,27,29H,6-7,16-17,19H2,1-2H3/t25-,27?/m1/s1. The van der Waals surface area contributed by atoms with Crippen LogP contribution in [-0.2, 0) is 0 Å². The molecule has 0 aliphatic carbocycles. The molecule has 1 heterocycles. The zero-order valence-electron chi connectivity index (χ0n) is 18.3. The fraction of sp³-hybridized carbons (Fsp3) is 0.333. The van der Waals surface area contributed by atoms with Gasteiger partial charge in [0.15, 0.2) is 0 Å². The Balaban J connectivity index is 1.55. The fourth-order valence-electron chi connectivity index (χ4n) is 4.30. The van der Waals surface area contributed by atoms with Crippen LogP contribution in [0.15, 0.2) is 72.8 Å². The molecule has 3 aromatic rings. The van der Waals surface area contributed by atoms with Crippen molar-refractivity contribution in [2.75, 3.05) is 33.9 Å². The van der Waals surface area contributed by atoms with E-state index < -0.39 is 0 Å². The van der Waals surface area contributed by atoms with Crippen molar-refractivity contribution in [3.8, 4) is 17.2 Å². The van der Waals surface area contributed by atoms with Gasteiger partial charge in [-0.1, -0.05) is 42.5 Å². The van der Waals surface area contributed by atoms with Crippen molar-refractivity contribution >= 4 is 0 Å². The van der Waals surface area contributed by atoms with Gasteiger partial charge in [0.05, 0.1) is 13.2 Å². The number of ether oxygens (including phenoxy) is 2. The van der Waals surface area contributed by atoms with Gasteiger partial charge in [0, 0.05) is 17.4 Å². The summed E-state index contributed by atoms with van der Waals surface area (Å²) in [5.74, 6) is 2.28. The van der Waals surface area contributed by atoms with Crippen LogP contribution in [0.4, 0.5) is 0 Å². The molecule has 0 bridgehead atoms. The number of phenolic OH excluding ortho intramolecular Hbond substituents is 1. The van der Waals surface area contributed by atoms with E-state index in [0.717, 1.165) is 43.1 Å². The van der Waals surface area contributed by atoms with E-state index >= 15 is 0 Å². The molecule has 1 aliphatic rings. The van der Waals surface area contributed by atoms with Crippen molar-refractivity contribution in [3.63, 3.8) is 0 Å². The molecule has 0 radical (unpaired) electrons. The fourth-order valence-corrected chi connectivity index (χ4v) is 4.30. The molecule has 0 aromatic heterocycles. The third kappa shape index (κ3) is 5.20. The number of fused-ring (bicyclic) bond motifs is 1. The molecule has 1 N–H and O–H groups in total. The van der Waals surface area contributed by atoms with E-state index in [4.69, 9.17) is 9.47 Å². The van der Waals surface area contributed by atoms with Crippen LogP contribution < -0.4 is 9.47 Å². The van der Waals surface area contributed by atoms with Crippen molar-refractivity contribution < 1.29 is 14.6 Å². The van der Waals surface area contributed by atoms with Gasteiger partial charge in [-0.25, -0.2) is 0 Å². The van der Waals surface area contributed by atoms with Crippen molar-refractivity contribution in [2.45, 2.75) is 24.7 Å². The van der Waals surface area contributed by atoms with Gasteiger partial charge in [-0.3, -0.25) is 0 Å². The summed E-state index contributed by atoms with van der Waals surface area (Å²) >= 11 is 0. The highest BCUT2D eigenvalue weighted by atomic mass is 16.5. The van der Waals surface area contributed by atoms with Gasteiger partial charge < -0.3 is 19.5 Å². The molecular formula is C27H31NO3. The Hall–Kier alpha value is -2.98. The van der Waals surface area contributed by atoms with Gasteiger partial charge in [0.2, 0.25) is 0 Å². The number of hydrogen-bond acceptors (Lipinski definition) is 4. The molecule has 1 aliphatic heterocycles. The molecule has 0 saturated heterocycles. The minimum Gasteiger partial charge on any atom is -0.508 e. The average Bonchev–Trinajstić information content (AvgIpc) is 2.79. The Bertz CT molecular complexity index is 970. The van der Waals surface area contributed by atoms with Crippen LogP contribution in [0.2, 0.25) is 0 Å². The topological polar surface area (TPSA) is 41.9 Å². The number of benzene rings is 3. The predicted molar refractivity (Wildman–Crippen MR) is 124 cm³/mol. The average molecular weight is 418 g/mol. The lowest BCUT2D eigenvalue weighted by molar-refractivity contribution is 0.248. The molecule has 162 valence electrons. The van der Waals surface area contributed by atoms with Crippen molar-refractivity contribution in [1.82, 2.24) is 4.90 Å². The molecule has 0 spiro atoms. The predicted octanol–water partition coefficient (Wildman–Crippen LogP) is 5.42. The van der Waals surface area contributed by atoms with E-state index in [1.165, 1.54) is 11.1 Å². The molecule has 4 rings (SSSR count). The summed E-state index contributed by atoms with van der Waals surface area (Å²) in [4.78, 5) is 2.20. The normalized spacial score (nSPS) is 17.8. The second-order valence-electron chi connectivity index (χ2n) is 8.46. The van der Waals surface area contributed by atoms with Gasteiger partial charge in [0.1, 0.15) is 17.2 Å². The first-order valence-corrected chi connectivity index (χ1v) is 11.0. The number of rotatable bonds is 8. The van der Waals surface area contributed by atoms with E-state index in [-0.39, 0.29) is 17.6 Å². The molecule has 1 unspecified atom stereocenters. The first-order valence-electron chi connectivity index (χ1n) is 11.0. The van der Waals surface area contributed by atoms with Crippen LogP contribution >= 0.6 is 0 Å². The number of phenols is 1. The van der Waals surface area contributed by atoms with Crippen LogP contribution in [0.3, 0.4) is 0 Å². The summed E-state index contributed by atoms with van der Waals surface area (Å²) in [6.45, 7) is 2.42. The van der Waals surface area contributed by atoms with Crippen LogP contribution in [0, 0.1) is 0 Å². The lowest BCUT2D eigenvalue weighted by atomic mass is 9.76. The van der Waals surface area contributed by atoms with Crippen molar-refractivity contribution in [1.29, 1.82) is 0 Å². The summed E-state index contributed by atoms with van der Waals surface area (Å²) < 4.78 is 12.0. The van der Waals surface area contributed by atoms with E-state index in [9.17, 15) is 5.11 Å². The van der Waals surface area contributed by atoms with E-state index in [1.54, 1.807) is 6.07 Å². The van der Waals surface area contributed by atoms with Gasteiger partial charge in [0.25, 0.3) is 0 Å². The van der Waals surface area contributed by atoms with E-state index in [0.29, 0.717) is 6.61 Å². The highest BCUT2D eigenvalue weighted by Gasteiger charge is 2.33. The molecule has 4 nitrogen and oxygen atoms in total. The number of nitrogens with zero attached hydrogens (tertiary/aromatic N) is 1. The van der Waals surface area contributed by atoms with Gasteiger partial charge >= 0.3 is 0 Å². The molecule has 2 atom stereocenters. The molecule has 3 aromatic carbocycles. The van der Waals surface area contributed by atoms with Gasteiger partial charge in [-0.05, 0) is 74.9 Å². The molecule has 31 heavy (non-hydrogen) atoms. The minimum atomic E-state index is 0.104. The SMILES string of the molecule is CN(C)CCCCOc1ccc(C2c3cc(O)ccc3OC[C@@H]2c2ccccc2)cc1. The first-order chi connectivity index (χ1) is 15.1. The maximum absolute atomic E-state index is 10.2. The monoisotopic (exact) mass is 417 g/mol. The third-order valence-corrected chi connectivity index (χ3v) is 5.88. The molecule has 0 saturated carbocycles. The first kappa shape index (κ1) is 21.3. The summed E-state index contributed by atoms with van der Waals surface area (Å²) in [5, 5.41) is 10.2. The lowest BCUT2D eigenvalue weighted by Crippen LogP contribution is -2.25. The number of hydrogen-bond donors (Lipinski definition) is 1. The Morgan fingerprint density at radius 2 is 1.71 bits per heavy atom. The lowest BCUT2D eigenvalue weighted by Gasteiger charge is -2.34. The molecule has 0 amide bonds. The second-order valence-corrected chi connectivity index (χ2v) is 8.46. The molecular weight excluding hydrogens is 386 g/mol. The van der Waals surface area contributed by atoms with Crippen molar-refractivity contribution in [2.24, 2.45) is 0 Å². The summed E-state index contributed by atoms with van der Waals surface area (Å²) in [6, 6.07) is 24.3. The Kier molecular flexibility index (Phi) is 6.78. The third-order valence-electron chi connectivity index (χ3n) is 5.88. The zero-order valence-corrected chi connectivity index (χ0v) is 18.3. The van der Waals surface area contributed by atoms with Crippen LogP contribution in [0.25, 0.3) is 0 Å². The second kappa shape index (κ2) is 9.88. The molecule has 0 fully saturated rings. The Labute approximate surface area is 185 Å². The van der Waals surface area contributed by atoms with E-state index in [2.05, 4.69) is 67.5 Å². The minimum absolute atomic E-state index is 0.104. The van der Waals surface area contributed by atoms with Gasteiger partial charge in [-0.15, -0.1) is 0 Å². The van der Waals surface area contributed by atoms with Gasteiger partial charge in [-0.2, -0.15) is 0 Å². The summed E-state index contributed by atoms with van der Waals surface area (Å²) in [5.41, 5.74) is 3.46. The summed E-state index contributed by atoms with van der Waals surface area (Å²) in [7, 11) is 4.19. The number of aromatic hydroxyl groups is 1. The highest BCUT2D eigenvalue weighted by molar-refractivity contribution is 5.51. The highest BCUT2D eigenvalue weighted by Crippen LogP contribution is 2.47. The molecule has 4 heteroatoms. The van der Waals surface area contributed by atoms with Crippen molar-refractivity contribution in [3.05, 3.63) is 89.5 Å². The Morgan fingerprint density at radius 3 is 2.45 bits per heavy atom. The quantitative estimate of drug-likeness (QED) is 0.497. The zero-order chi connectivity index (χ0) is 21.6. The largest absolute Gasteiger partial charge is 0.508 e. The smallest absolute Gasteiger partial charge is 0.123 e.